The van der Waals surface area contributed by atoms with Gasteiger partial charge < -0.3 is 19.1 Å². The Morgan fingerprint density at radius 3 is 2.25 bits per heavy atom. The molecule has 0 spiro atoms. The molecule has 7 heteroatoms. The molecule has 1 aliphatic carbocycles. The number of nitrogens with zero attached hydrogens (tertiary/aromatic N) is 1. The molecule has 1 fully saturated rings. The van der Waals surface area contributed by atoms with Gasteiger partial charge in [-0.25, -0.2) is 9.59 Å². The van der Waals surface area contributed by atoms with Crippen LogP contribution in [0.2, 0.25) is 0 Å². The minimum absolute atomic E-state index is 0.0435. The summed E-state index contributed by atoms with van der Waals surface area (Å²) in [4.78, 5) is 39.0. The maximum Gasteiger partial charge on any atom is 0.334 e. The summed E-state index contributed by atoms with van der Waals surface area (Å²) in [5.41, 5.74) is 1.22. The first kappa shape index (κ1) is 19.7. The van der Waals surface area contributed by atoms with E-state index in [1.54, 1.807) is 36.3 Å². The number of methoxy groups -OCH3 is 3. The molecule has 1 heterocycles. The lowest BCUT2D eigenvalue weighted by Gasteiger charge is -2.49. The average molecular weight is 385 g/mol. The van der Waals surface area contributed by atoms with Gasteiger partial charge in [0.1, 0.15) is 5.75 Å². The molecular weight excluding hydrogens is 362 g/mol. The van der Waals surface area contributed by atoms with Crippen molar-refractivity contribution in [1.29, 1.82) is 0 Å². The maximum absolute atomic E-state index is 12.6. The quantitative estimate of drug-likeness (QED) is 0.439. The summed E-state index contributed by atoms with van der Waals surface area (Å²) in [5, 5.41) is 0. The number of hydrogen-bond donors (Lipinski definition) is 0. The highest BCUT2D eigenvalue weighted by molar-refractivity contribution is 6.06. The predicted molar refractivity (Wildman–Crippen MR) is 102 cm³/mol. The fourth-order valence-electron chi connectivity index (χ4n) is 3.88. The van der Waals surface area contributed by atoms with E-state index in [2.05, 4.69) is 0 Å². The van der Waals surface area contributed by atoms with E-state index in [-0.39, 0.29) is 35.4 Å². The minimum atomic E-state index is -0.587. The molecule has 3 atom stereocenters. The molecule has 1 aromatic rings. The molecule has 0 radical (unpaired) electrons. The number of amides is 1. The zero-order valence-electron chi connectivity index (χ0n) is 16.3. The van der Waals surface area contributed by atoms with E-state index in [0.29, 0.717) is 11.4 Å². The fourth-order valence-corrected chi connectivity index (χ4v) is 3.88. The van der Waals surface area contributed by atoms with Crippen molar-refractivity contribution in [2.45, 2.75) is 19.4 Å². The largest absolute Gasteiger partial charge is 0.497 e. The van der Waals surface area contributed by atoms with Gasteiger partial charge in [0.05, 0.1) is 44.4 Å². The second-order valence-corrected chi connectivity index (χ2v) is 6.72. The molecule has 0 saturated carbocycles. The Morgan fingerprint density at radius 2 is 1.68 bits per heavy atom. The van der Waals surface area contributed by atoms with Crippen molar-refractivity contribution in [2.75, 3.05) is 26.2 Å². The Morgan fingerprint density at radius 1 is 1.04 bits per heavy atom. The predicted octanol–water partition coefficient (Wildman–Crippen LogP) is 2.27. The van der Waals surface area contributed by atoms with Crippen LogP contribution in [0.1, 0.15) is 13.3 Å². The van der Waals surface area contributed by atoms with Crippen molar-refractivity contribution in [3.8, 4) is 5.75 Å². The first-order chi connectivity index (χ1) is 13.4. The van der Waals surface area contributed by atoms with Gasteiger partial charge in [-0.05, 0) is 30.7 Å². The molecule has 148 valence electrons. The number of rotatable bonds is 5. The van der Waals surface area contributed by atoms with Crippen LogP contribution in [0.25, 0.3) is 0 Å². The lowest BCUT2D eigenvalue weighted by molar-refractivity contribution is -0.140. The number of ether oxygens (including phenoxy) is 3. The molecule has 3 rings (SSSR count). The van der Waals surface area contributed by atoms with Crippen LogP contribution in [0.15, 0.2) is 47.6 Å². The van der Waals surface area contributed by atoms with Gasteiger partial charge in [-0.2, -0.15) is 0 Å². The standard InChI is InChI=1S/C21H23NO6/c1-12-18(22(19(12)23)13-8-10-14(26-2)11-9-13)15-6-5-7-16(20(24)27-3)17(15)21(25)28-4/h5-6,8-12,15,18H,7H2,1-4H3/t12-,15+,18-/m1/s1. The second kappa shape index (κ2) is 7.88. The summed E-state index contributed by atoms with van der Waals surface area (Å²) in [6, 6.07) is 6.83. The first-order valence-electron chi connectivity index (χ1n) is 8.98. The van der Waals surface area contributed by atoms with E-state index in [1.807, 2.05) is 19.1 Å². The molecule has 1 amide bonds. The van der Waals surface area contributed by atoms with Crippen LogP contribution in [0.4, 0.5) is 5.69 Å². The zero-order valence-corrected chi connectivity index (χ0v) is 16.3. The van der Waals surface area contributed by atoms with Gasteiger partial charge in [0.25, 0.3) is 0 Å². The lowest BCUT2D eigenvalue weighted by atomic mass is 9.72. The van der Waals surface area contributed by atoms with Gasteiger partial charge in [-0.3, -0.25) is 4.79 Å². The van der Waals surface area contributed by atoms with Gasteiger partial charge in [0.15, 0.2) is 0 Å². The Kier molecular flexibility index (Phi) is 5.53. The fraction of sp³-hybridized carbons (Fsp3) is 0.381. The van der Waals surface area contributed by atoms with Crippen molar-refractivity contribution in [3.05, 3.63) is 47.6 Å². The van der Waals surface area contributed by atoms with E-state index in [4.69, 9.17) is 14.2 Å². The molecular formula is C21H23NO6. The van der Waals surface area contributed by atoms with Crippen LogP contribution >= 0.6 is 0 Å². The minimum Gasteiger partial charge on any atom is -0.497 e. The summed E-state index contributed by atoms with van der Waals surface area (Å²) in [5.74, 6) is -1.29. The van der Waals surface area contributed by atoms with E-state index < -0.39 is 17.9 Å². The normalized spacial score (nSPS) is 23.9. The molecule has 1 aliphatic heterocycles. The topological polar surface area (TPSA) is 82.1 Å². The van der Waals surface area contributed by atoms with Crippen LogP contribution < -0.4 is 9.64 Å². The zero-order chi connectivity index (χ0) is 20.4. The highest BCUT2D eigenvalue weighted by Crippen LogP contribution is 2.42. The average Bonchev–Trinajstić information content (AvgIpc) is 2.75. The van der Waals surface area contributed by atoms with Crippen molar-refractivity contribution < 1.29 is 28.6 Å². The number of benzene rings is 1. The van der Waals surface area contributed by atoms with Gasteiger partial charge in [-0.15, -0.1) is 0 Å². The Hall–Kier alpha value is -3.09. The highest BCUT2D eigenvalue weighted by Gasteiger charge is 2.51. The molecule has 2 aliphatic rings. The van der Waals surface area contributed by atoms with E-state index >= 15 is 0 Å². The third-order valence-electron chi connectivity index (χ3n) is 5.32. The Bertz CT molecular complexity index is 854. The van der Waals surface area contributed by atoms with Crippen LogP contribution in [-0.4, -0.2) is 45.2 Å². The lowest BCUT2D eigenvalue weighted by Crippen LogP contribution is -2.63. The number of β-lactam (4-membered cyclic amide) rings is 1. The molecule has 1 saturated heterocycles. The van der Waals surface area contributed by atoms with Crippen molar-refractivity contribution in [1.82, 2.24) is 0 Å². The number of carbonyl (C=O) groups is 3. The molecule has 0 bridgehead atoms. The van der Waals surface area contributed by atoms with Crippen molar-refractivity contribution in [2.24, 2.45) is 11.8 Å². The Balaban J connectivity index is 2.02. The summed E-state index contributed by atoms with van der Waals surface area (Å²) in [7, 11) is 4.12. The Labute approximate surface area is 163 Å². The van der Waals surface area contributed by atoms with E-state index in [0.717, 1.165) is 0 Å². The van der Waals surface area contributed by atoms with Gasteiger partial charge >= 0.3 is 11.9 Å². The molecule has 28 heavy (non-hydrogen) atoms. The number of carbonyl (C=O) groups excluding carboxylic acids is 3. The third kappa shape index (κ3) is 3.17. The van der Waals surface area contributed by atoms with Crippen molar-refractivity contribution in [3.63, 3.8) is 0 Å². The van der Waals surface area contributed by atoms with E-state index in [1.165, 1.54) is 14.2 Å². The SMILES string of the molecule is COC(=O)C1=C(C(=O)OC)[C@@H]([C@H]2[C@@H](C)C(=O)N2c2ccc(OC)cc2)C=CC1. The maximum atomic E-state index is 12.6. The smallest absolute Gasteiger partial charge is 0.334 e. The molecule has 0 N–H and O–H groups in total. The molecule has 0 aromatic heterocycles. The number of allylic oxidation sites excluding steroid dienone is 1. The number of hydrogen-bond acceptors (Lipinski definition) is 6. The van der Waals surface area contributed by atoms with E-state index in [9.17, 15) is 14.4 Å². The first-order valence-corrected chi connectivity index (χ1v) is 8.98. The van der Waals surface area contributed by atoms with Gasteiger partial charge in [0.2, 0.25) is 5.91 Å². The van der Waals surface area contributed by atoms with Gasteiger partial charge in [0, 0.05) is 11.6 Å². The van der Waals surface area contributed by atoms with Crippen LogP contribution in [0.3, 0.4) is 0 Å². The second-order valence-electron chi connectivity index (χ2n) is 6.72. The number of esters is 2. The summed E-state index contributed by atoms with van der Waals surface area (Å²) in [6.07, 6.45) is 3.97. The molecule has 1 aromatic carbocycles. The number of anilines is 1. The van der Waals surface area contributed by atoms with Crippen molar-refractivity contribution >= 4 is 23.5 Å². The van der Waals surface area contributed by atoms with Crippen LogP contribution in [-0.2, 0) is 23.9 Å². The van der Waals surface area contributed by atoms with Crippen LogP contribution in [0, 0.1) is 11.8 Å². The monoisotopic (exact) mass is 385 g/mol. The van der Waals surface area contributed by atoms with Gasteiger partial charge in [-0.1, -0.05) is 19.1 Å². The molecule has 0 unspecified atom stereocenters. The molecule has 7 nitrogen and oxygen atoms in total. The summed E-state index contributed by atoms with van der Waals surface area (Å²) < 4.78 is 15.0. The summed E-state index contributed by atoms with van der Waals surface area (Å²) >= 11 is 0. The van der Waals surface area contributed by atoms with Crippen LogP contribution in [0.5, 0.6) is 5.75 Å². The third-order valence-corrected chi connectivity index (χ3v) is 5.32. The summed E-state index contributed by atoms with van der Waals surface area (Å²) in [6.45, 7) is 1.82. The highest BCUT2D eigenvalue weighted by atomic mass is 16.5.